The molecule has 186 valence electrons. The summed E-state index contributed by atoms with van der Waals surface area (Å²) in [6.07, 6.45) is 2.24. The summed E-state index contributed by atoms with van der Waals surface area (Å²) in [6, 6.07) is 12.8. The summed E-state index contributed by atoms with van der Waals surface area (Å²) in [5.74, 6) is -0.562. The van der Waals surface area contributed by atoms with Crippen LogP contribution in [0.1, 0.15) is 22.8 Å². The minimum absolute atomic E-state index is 0.0728. The summed E-state index contributed by atoms with van der Waals surface area (Å²) < 4.78 is 42.9. The van der Waals surface area contributed by atoms with Crippen LogP contribution >= 0.6 is 11.5 Å². The third kappa shape index (κ3) is 6.65. The van der Waals surface area contributed by atoms with E-state index >= 15 is 0 Å². The smallest absolute Gasteiger partial charge is 0.343 e. The number of ether oxygens (including phenoxy) is 3. The number of hydrogen-bond donors (Lipinski definition) is 1. The summed E-state index contributed by atoms with van der Waals surface area (Å²) in [7, 11) is -2.15. The number of benzene rings is 2. The van der Waals surface area contributed by atoms with E-state index < -0.39 is 26.9 Å². The Morgan fingerprint density at radius 3 is 2.61 bits per heavy atom. The molecule has 3 aromatic rings. The van der Waals surface area contributed by atoms with Gasteiger partial charge in [-0.1, -0.05) is 12.1 Å². The minimum Gasteiger partial charge on any atom is -0.497 e. The van der Waals surface area contributed by atoms with Crippen LogP contribution < -0.4 is 19.5 Å². The number of aromatic nitrogens is 2. The Bertz CT molecular complexity index is 1470. The summed E-state index contributed by atoms with van der Waals surface area (Å²) in [5.41, 5.74) is 0.412. The number of anilines is 1. The predicted octanol–water partition coefficient (Wildman–Crippen LogP) is 3.11. The lowest BCUT2D eigenvalue weighted by atomic mass is 10.1. The van der Waals surface area contributed by atoms with Crippen LogP contribution in [0.15, 0.2) is 53.2 Å². The summed E-state index contributed by atoms with van der Waals surface area (Å²) in [6.45, 7) is 2.01. The molecule has 1 N–H and O–H groups in total. The second-order valence-electron chi connectivity index (χ2n) is 7.04. The zero-order chi connectivity index (χ0) is 26.3. The minimum atomic E-state index is -3.64. The zero-order valence-corrected chi connectivity index (χ0v) is 21.0. The fourth-order valence-electron chi connectivity index (χ4n) is 2.77. The molecule has 0 aliphatic carbocycles. The average Bonchev–Trinajstić information content (AvgIpc) is 3.33. The van der Waals surface area contributed by atoms with E-state index in [1.165, 1.54) is 37.5 Å². The van der Waals surface area contributed by atoms with Crippen LogP contribution in [-0.2, 0) is 14.6 Å². The third-order valence-electron chi connectivity index (χ3n) is 4.41. The number of nitriles is 1. The van der Waals surface area contributed by atoms with E-state index in [-0.39, 0.29) is 34.4 Å². The molecule has 36 heavy (non-hydrogen) atoms. The molecule has 0 fully saturated rings. The van der Waals surface area contributed by atoms with Gasteiger partial charge < -0.3 is 14.2 Å². The largest absolute Gasteiger partial charge is 0.497 e. The Morgan fingerprint density at radius 2 is 1.97 bits per heavy atom. The number of carbonyl (C=O) groups is 2. The SMILES string of the molecule is CCOc1cc(/C=C(/C#N)C(=O)Nc2nc(S(C)(=O)=O)ns2)ccc1OC(=O)c1cccc(OC)c1. The van der Waals surface area contributed by atoms with Crippen molar-refractivity contribution < 1.29 is 32.2 Å². The van der Waals surface area contributed by atoms with E-state index in [1.807, 2.05) is 0 Å². The van der Waals surface area contributed by atoms with Gasteiger partial charge in [0.05, 0.1) is 19.3 Å². The van der Waals surface area contributed by atoms with Crippen LogP contribution in [0.5, 0.6) is 17.2 Å². The number of amides is 1. The van der Waals surface area contributed by atoms with Crippen molar-refractivity contribution in [1.29, 1.82) is 5.26 Å². The maximum atomic E-state index is 12.6. The zero-order valence-electron chi connectivity index (χ0n) is 19.3. The average molecular weight is 529 g/mol. The molecule has 11 nitrogen and oxygen atoms in total. The first-order chi connectivity index (χ1) is 17.1. The monoisotopic (exact) mass is 528 g/mol. The number of methoxy groups -OCH3 is 1. The molecule has 0 aliphatic heterocycles. The molecule has 2 aromatic carbocycles. The molecule has 0 saturated heterocycles. The van der Waals surface area contributed by atoms with Crippen LogP contribution in [0.2, 0.25) is 0 Å². The highest BCUT2D eigenvalue weighted by Gasteiger charge is 2.18. The van der Waals surface area contributed by atoms with Crippen molar-refractivity contribution in [3.63, 3.8) is 0 Å². The highest BCUT2D eigenvalue weighted by molar-refractivity contribution is 7.90. The van der Waals surface area contributed by atoms with Crippen molar-refractivity contribution in [3.05, 3.63) is 59.2 Å². The Labute approximate surface area is 211 Å². The first-order valence-electron chi connectivity index (χ1n) is 10.2. The molecule has 0 bridgehead atoms. The highest BCUT2D eigenvalue weighted by Crippen LogP contribution is 2.30. The Hall–Kier alpha value is -4.28. The number of esters is 1. The lowest BCUT2D eigenvalue weighted by Crippen LogP contribution is -2.13. The Morgan fingerprint density at radius 1 is 1.19 bits per heavy atom. The molecule has 1 aromatic heterocycles. The molecular formula is C23H20N4O7S2. The van der Waals surface area contributed by atoms with Gasteiger partial charge in [-0.3, -0.25) is 10.1 Å². The molecule has 3 rings (SSSR count). The van der Waals surface area contributed by atoms with Crippen molar-refractivity contribution in [1.82, 2.24) is 9.36 Å². The predicted molar refractivity (Wildman–Crippen MR) is 131 cm³/mol. The van der Waals surface area contributed by atoms with E-state index in [0.29, 0.717) is 22.8 Å². The topological polar surface area (TPSA) is 158 Å². The van der Waals surface area contributed by atoms with E-state index in [1.54, 1.807) is 31.2 Å². The van der Waals surface area contributed by atoms with Crippen LogP contribution in [0.3, 0.4) is 0 Å². The second-order valence-corrected chi connectivity index (χ2v) is 9.70. The molecular weight excluding hydrogens is 508 g/mol. The van der Waals surface area contributed by atoms with E-state index in [9.17, 15) is 23.3 Å². The Balaban J connectivity index is 1.82. The fourth-order valence-corrected chi connectivity index (χ4v) is 4.21. The maximum absolute atomic E-state index is 12.6. The van der Waals surface area contributed by atoms with Crippen molar-refractivity contribution in [3.8, 4) is 23.3 Å². The lowest BCUT2D eigenvalue weighted by Gasteiger charge is -2.12. The highest BCUT2D eigenvalue weighted by atomic mass is 32.2. The number of nitrogens with zero attached hydrogens (tertiary/aromatic N) is 3. The van der Waals surface area contributed by atoms with Gasteiger partial charge in [0.2, 0.25) is 15.0 Å². The van der Waals surface area contributed by atoms with Crippen molar-refractivity contribution in [2.75, 3.05) is 25.3 Å². The van der Waals surface area contributed by atoms with Gasteiger partial charge in [-0.05, 0) is 48.9 Å². The molecule has 13 heteroatoms. The van der Waals surface area contributed by atoms with Gasteiger partial charge in [0.15, 0.2) is 11.5 Å². The normalized spacial score (nSPS) is 11.3. The standard InChI is InChI=1S/C23H20N4O7S2/c1-4-33-19-11-14(8-9-18(19)34-21(29)15-6-5-7-17(12-15)32-2)10-16(13-24)20(28)25-22-26-23(27-35-22)36(3,30)31/h5-12H,4H2,1-3H3,(H,25,26,27,28)/b16-10-. The van der Waals surface area contributed by atoms with Gasteiger partial charge in [0.1, 0.15) is 17.4 Å². The quantitative estimate of drug-likeness (QED) is 0.189. The summed E-state index contributed by atoms with van der Waals surface area (Å²) >= 11 is 0.671. The third-order valence-corrected chi connectivity index (χ3v) is 6.00. The maximum Gasteiger partial charge on any atom is 0.343 e. The molecule has 0 aliphatic rings. The van der Waals surface area contributed by atoms with Crippen molar-refractivity contribution in [2.45, 2.75) is 12.1 Å². The molecule has 0 saturated carbocycles. The number of sulfone groups is 1. The van der Waals surface area contributed by atoms with Gasteiger partial charge in [0, 0.05) is 17.8 Å². The van der Waals surface area contributed by atoms with Crippen molar-refractivity contribution in [2.24, 2.45) is 0 Å². The summed E-state index contributed by atoms with van der Waals surface area (Å²) in [5, 5.41) is 11.3. The van der Waals surface area contributed by atoms with Gasteiger partial charge in [0.25, 0.3) is 11.1 Å². The van der Waals surface area contributed by atoms with Gasteiger partial charge in [-0.15, -0.1) is 0 Å². The first kappa shape index (κ1) is 26.3. The molecule has 1 amide bonds. The first-order valence-corrected chi connectivity index (χ1v) is 12.9. The van der Waals surface area contributed by atoms with Crippen LogP contribution in [0, 0.1) is 11.3 Å². The second kappa shape index (κ2) is 11.4. The number of carbonyl (C=O) groups excluding carboxylic acids is 2. The van der Waals surface area contributed by atoms with E-state index in [0.717, 1.165) is 6.26 Å². The number of hydrogen-bond acceptors (Lipinski definition) is 11. The van der Waals surface area contributed by atoms with Crippen LogP contribution in [0.25, 0.3) is 6.08 Å². The van der Waals surface area contributed by atoms with Gasteiger partial charge in [-0.25, -0.2) is 13.2 Å². The van der Waals surface area contributed by atoms with Crippen LogP contribution in [-0.4, -0.2) is 49.6 Å². The molecule has 0 spiro atoms. The van der Waals surface area contributed by atoms with Gasteiger partial charge in [-0.2, -0.15) is 14.6 Å². The fraction of sp³-hybridized carbons (Fsp3) is 0.174. The number of nitrogens with one attached hydrogen (secondary N) is 1. The van der Waals surface area contributed by atoms with Crippen LogP contribution in [0.4, 0.5) is 5.13 Å². The molecule has 1 heterocycles. The van der Waals surface area contributed by atoms with E-state index in [2.05, 4.69) is 14.7 Å². The van der Waals surface area contributed by atoms with Crippen molar-refractivity contribution >= 4 is 44.5 Å². The lowest BCUT2D eigenvalue weighted by molar-refractivity contribution is -0.112. The number of rotatable bonds is 9. The van der Waals surface area contributed by atoms with Gasteiger partial charge >= 0.3 is 5.97 Å². The Kier molecular flexibility index (Phi) is 8.36. The molecule has 0 atom stereocenters. The molecule has 0 unspecified atom stereocenters. The van der Waals surface area contributed by atoms with E-state index in [4.69, 9.17) is 14.2 Å². The molecule has 0 radical (unpaired) electrons. The summed E-state index contributed by atoms with van der Waals surface area (Å²) in [4.78, 5) is 28.8.